The first-order chi connectivity index (χ1) is 10.7. The number of anilines is 1. The molecule has 2 aromatic rings. The zero-order valence-corrected chi connectivity index (χ0v) is 12.2. The minimum atomic E-state index is -0.797. The molecule has 0 aliphatic heterocycles. The average molecular weight is 300 g/mol. The third-order valence-electron chi connectivity index (χ3n) is 3.20. The van der Waals surface area contributed by atoms with Gasteiger partial charge in [0.25, 0.3) is 5.91 Å². The van der Waals surface area contributed by atoms with Gasteiger partial charge in [-0.2, -0.15) is 0 Å². The van der Waals surface area contributed by atoms with Crippen LogP contribution >= 0.6 is 0 Å². The third-order valence-corrected chi connectivity index (χ3v) is 3.20. The van der Waals surface area contributed by atoms with Gasteiger partial charge >= 0.3 is 0 Å². The van der Waals surface area contributed by atoms with E-state index in [-0.39, 0.29) is 19.1 Å². The summed E-state index contributed by atoms with van der Waals surface area (Å²) < 4.78 is 0. The number of amides is 1. The Balaban J connectivity index is 1.85. The second-order valence-electron chi connectivity index (χ2n) is 4.96. The molecule has 116 valence electrons. The summed E-state index contributed by atoms with van der Waals surface area (Å²) in [6.45, 7) is 0.464. The van der Waals surface area contributed by atoms with Gasteiger partial charge < -0.3 is 20.8 Å². The number of aliphatic hydroxyl groups excluding tert-OH is 2. The molecule has 5 nitrogen and oxygen atoms in total. The average Bonchev–Trinajstić information content (AvgIpc) is 2.59. The Morgan fingerprint density at radius 3 is 2.36 bits per heavy atom. The lowest BCUT2D eigenvalue weighted by molar-refractivity contribution is 0.0951. The summed E-state index contributed by atoms with van der Waals surface area (Å²) in [5.74, 6) is -0.134. The van der Waals surface area contributed by atoms with Crippen molar-refractivity contribution in [2.24, 2.45) is 0 Å². The Kier molecular flexibility index (Phi) is 5.94. The van der Waals surface area contributed by atoms with Crippen LogP contribution in [0.4, 0.5) is 5.69 Å². The highest BCUT2D eigenvalue weighted by Gasteiger charge is 2.06. The molecule has 0 aromatic heterocycles. The Morgan fingerprint density at radius 1 is 1.05 bits per heavy atom. The largest absolute Gasteiger partial charge is 0.394 e. The predicted octanol–water partition coefficient (Wildman–Crippen LogP) is 1.38. The van der Waals surface area contributed by atoms with E-state index in [9.17, 15) is 9.90 Å². The maximum Gasteiger partial charge on any atom is 0.251 e. The molecule has 0 fully saturated rings. The smallest absolute Gasteiger partial charge is 0.251 e. The number of rotatable bonds is 7. The van der Waals surface area contributed by atoms with Crippen molar-refractivity contribution in [3.63, 3.8) is 0 Å². The first-order valence-electron chi connectivity index (χ1n) is 7.14. The highest BCUT2D eigenvalue weighted by Crippen LogP contribution is 2.10. The fraction of sp³-hybridized carbons (Fsp3) is 0.235. The van der Waals surface area contributed by atoms with E-state index in [1.807, 2.05) is 30.3 Å². The molecule has 0 saturated heterocycles. The summed E-state index contributed by atoms with van der Waals surface area (Å²) in [5.41, 5.74) is 2.41. The molecular formula is C17H20N2O3. The lowest BCUT2D eigenvalue weighted by Crippen LogP contribution is -2.23. The van der Waals surface area contributed by atoms with Crippen LogP contribution in [0.3, 0.4) is 0 Å². The molecule has 4 N–H and O–H groups in total. The minimum absolute atomic E-state index is 0.134. The van der Waals surface area contributed by atoms with E-state index in [1.54, 1.807) is 24.3 Å². The van der Waals surface area contributed by atoms with Gasteiger partial charge in [0.15, 0.2) is 0 Å². The van der Waals surface area contributed by atoms with E-state index >= 15 is 0 Å². The standard InChI is InChI=1S/C17H20N2O3/c20-12-16(21)11-18-15-8-6-14(7-9-15)17(22)19-10-13-4-2-1-3-5-13/h1-9,16,18,20-21H,10-12H2,(H,19,22). The lowest BCUT2D eigenvalue weighted by Gasteiger charge is -2.11. The number of carbonyl (C=O) groups excluding carboxylic acids is 1. The SMILES string of the molecule is O=C(NCc1ccccc1)c1ccc(NCC(O)CO)cc1. The molecule has 22 heavy (non-hydrogen) atoms. The van der Waals surface area contributed by atoms with Crippen LogP contribution in [0.5, 0.6) is 0 Å². The van der Waals surface area contributed by atoms with Crippen LogP contribution in [0.25, 0.3) is 0 Å². The van der Waals surface area contributed by atoms with Gasteiger partial charge in [0, 0.05) is 24.3 Å². The van der Waals surface area contributed by atoms with Crippen molar-refractivity contribution in [3.8, 4) is 0 Å². The second kappa shape index (κ2) is 8.17. The molecule has 1 atom stereocenters. The summed E-state index contributed by atoms with van der Waals surface area (Å²) in [6, 6.07) is 16.7. The molecule has 2 rings (SSSR count). The van der Waals surface area contributed by atoms with Gasteiger partial charge in [-0.3, -0.25) is 4.79 Å². The summed E-state index contributed by atoms with van der Waals surface area (Å²) in [5, 5.41) is 23.8. The highest BCUT2D eigenvalue weighted by atomic mass is 16.3. The van der Waals surface area contributed by atoms with Gasteiger partial charge in [0.1, 0.15) is 0 Å². The normalized spacial score (nSPS) is 11.7. The minimum Gasteiger partial charge on any atom is -0.394 e. The molecule has 0 spiro atoms. The van der Waals surface area contributed by atoms with Gasteiger partial charge in [0.2, 0.25) is 0 Å². The van der Waals surface area contributed by atoms with Crippen LogP contribution in [-0.2, 0) is 6.54 Å². The van der Waals surface area contributed by atoms with Gasteiger partial charge in [-0.1, -0.05) is 30.3 Å². The maximum atomic E-state index is 12.0. The molecule has 0 saturated carbocycles. The molecule has 5 heteroatoms. The fourth-order valence-electron chi connectivity index (χ4n) is 1.92. The monoisotopic (exact) mass is 300 g/mol. The van der Waals surface area contributed by atoms with Crippen molar-refractivity contribution in [2.75, 3.05) is 18.5 Å². The third kappa shape index (κ3) is 4.87. The first-order valence-corrected chi connectivity index (χ1v) is 7.14. The van der Waals surface area contributed by atoms with Crippen molar-refractivity contribution >= 4 is 11.6 Å². The summed E-state index contributed by atoms with van der Waals surface area (Å²) in [4.78, 5) is 12.0. The van der Waals surface area contributed by atoms with E-state index in [0.717, 1.165) is 11.3 Å². The zero-order valence-electron chi connectivity index (χ0n) is 12.2. The van der Waals surface area contributed by atoms with Crippen LogP contribution < -0.4 is 10.6 Å². The van der Waals surface area contributed by atoms with Crippen LogP contribution in [-0.4, -0.2) is 35.4 Å². The van der Waals surface area contributed by atoms with Crippen LogP contribution in [0.1, 0.15) is 15.9 Å². The lowest BCUT2D eigenvalue weighted by atomic mass is 10.1. The van der Waals surface area contributed by atoms with Crippen molar-refractivity contribution in [1.29, 1.82) is 0 Å². The van der Waals surface area contributed by atoms with E-state index in [0.29, 0.717) is 12.1 Å². The second-order valence-corrected chi connectivity index (χ2v) is 4.96. The predicted molar refractivity (Wildman–Crippen MR) is 85.6 cm³/mol. The Hall–Kier alpha value is -2.37. The molecule has 2 aromatic carbocycles. The number of carbonyl (C=O) groups is 1. The van der Waals surface area contributed by atoms with Gasteiger partial charge in [0.05, 0.1) is 12.7 Å². The Bertz CT molecular complexity index is 585. The number of aliphatic hydroxyl groups is 2. The summed E-state index contributed by atoms with van der Waals surface area (Å²) in [7, 11) is 0. The molecule has 0 aliphatic rings. The van der Waals surface area contributed by atoms with Crippen LogP contribution in [0.2, 0.25) is 0 Å². The quantitative estimate of drug-likeness (QED) is 0.623. The number of hydrogen-bond acceptors (Lipinski definition) is 4. The maximum absolute atomic E-state index is 12.0. The molecule has 1 amide bonds. The van der Waals surface area contributed by atoms with Crippen molar-refractivity contribution < 1.29 is 15.0 Å². The van der Waals surface area contributed by atoms with E-state index in [4.69, 9.17) is 5.11 Å². The van der Waals surface area contributed by atoms with Crippen LogP contribution in [0, 0.1) is 0 Å². The molecular weight excluding hydrogens is 280 g/mol. The molecule has 1 unspecified atom stereocenters. The molecule has 0 aliphatic carbocycles. The summed E-state index contributed by atoms with van der Waals surface area (Å²) in [6.07, 6.45) is -0.797. The molecule has 0 bridgehead atoms. The number of hydrogen-bond donors (Lipinski definition) is 4. The van der Waals surface area contributed by atoms with Crippen LogP contribution in [0.15, 0.2) is 54.6 Å². The van der Waals surface area contributed by atoms with Crippen molar-refractivity contribution in [1.82, 2.24) is 5.32 Å². The van der Waals surface area contributed by atoms with E-state index < -0.39 is 6.10 Å². The highest BCUT2D eigenvalue weighted by molar-refractivity contribution is 5.94. The molecule has 0 heterocycles. The van der Waals surface area contributed by atoms with Gasteiger partial charge in [-0.25, -0.2) is 0 Å². The number of nitrogens with one attached hydrogen (secondary N) is 2. The Morgan fingerprint density at radius 2 is 1.73 bits per heavy atom. The Labute approximate surface area is 129 Å². The number of benzene rings is 2. The topological polar surface area (TPSA) is 81.6 Å². The van der Waals surface area contributed by atoms with Gasteiger partial charge in [-0.15, -0.1) is 0 Å². The van der Waals surface area contributed by atoms with E-state index in [2.05, 4.69) is 10.6 Å². The van der Waals surface area contributed by atoms with Crippen molar-refractivity contribution in [3.05, 3.63) is 65.7 Å². The molecule has 0 radical (unpaired) electrons. The zero-order chi connectivity index (χ0) is 15.8. The first kappa shape index (κ1) is 16.0. The van der Waals surface area contributed by atoms with E-state index in [1.165, 1.54) is 0 Å². The van der Waals surface area contributed by atoms with Crippen molar-refractivity contribution in [2.45, 2.75) is 12.6 Å². The van der Waals surface area contributed by atoms with Gasteiger partial charge in [-0.05, 0) is 29.8 Å². The summed E-state index contributed by atoms with van der Waals surface area (Å²) >= 11 is 0. The fourth-order valence-corrected chi connectivity index (χ4v) is 1.92.